The standard InChI is InChI=1S/C22H13ClIN3O4/c23-14-4-9-19(20(11-14)27(30)31)26-21(10-3-13-1-6-16(28)7-2-13)25-18-8-5-15(24)12-17(18)22(26)29/h1-12,28H. The minimum atomic E-state index is -0.583. The number of fused-ring (bicyclic) bond motifs is 1. The number of benzene rings is 3. The minimum Gasteiger partial charge on any atom is -0.508 e. The Morgan fingerprint density at radius 2 is 1.81 bits per heavy atom. The van der Waals surface area contributed by atoms with Gasteiger partial charge in [-0.05, 0) is 76.7 Å². The number of rotatable bonds is 4. The topological polar surface area (TPSA) is 98.3 Å². The van der Waals surface area contributed by atoms with E-state index in [4.69, 9.17) is 11.6 Å². The Bertz CT molecular complexity index is 1420. The van der Waals surface area contributed by atoms with Crippen LogP contribution in [0.2, 0.25) is 5.02 Å². The zero-order valence-electron chi connectivity index (χ0n) is 15.7. The number of phenols is 1. The summed E-state index contributed by atoms with van der Waals surface area (Å²) in [6.45, 7) is 0. The van der Waals surface area contributed by atoms with Crippen LogP contribution in [-0.2, 0) is 0 Å². The molecule has 0 fully saturated rings. The number of nitrogens with zero attached hydrogens (tertiary/aromatic N) is 3. The van der Waals surface area contributed by atoms with Crippen molar-refractivity contribution in [2.24, 2.45) is 0 Å². The fourth-order valence-electron chi connectivity index (χ4n) is 3.11. The summed E-state index contributed by atoms with van der Waals surface area (Å²) in [5.41, 5.74) is 0.563. The molecule has 0 aliphatic rings. The van der Waals surface area contributed by atoms with Crippen LogP contribution in [0, 0.1) is 13.7 Å². The predicted molar refractivity (Wildman–Crippen MR) is 129 cm³/mol. The maximum Gasteiger partial charge on any atom is 0.294 e. The third-order valence-electron chi connectivity index (χ3n) is 4.55. The summed E-state index contributed by atoms with van der Waals surface area (Å²) in [5.74, 6) is 0.349. The Kier molecular flexibility index (Phi) is 5.75. The zero-order chi connectivity index (χ0) is 22.1. The Balaban J connectivity index is 2.01. The summed E-state index contributed by atoms with van der Waals surface area (Å²) in [6, 6.07) is 15.8. The van der Waals surface area contributed by atoms with Crippen molar-refractivity contribution >= 4 is 62.9 Å². The second-order valence-corrected chi connectivity index (χ2v) is 8.27. The number of aromatic hydroxyl groups is 1. The summed E-state index contributed by atoms with van der Waals surface area (Å²) < 4.78 is 2.05. The number of nitro benzene ring substituents is 1. The molecule has 0 amide bonds. The molecule has 9 heteroatoms. The minimum absolute atomic E-state index is 0.0676. The largest absolute Gasteiger partial charge is 0.508 e. The van der Waals surface area contributed by atoms with E-state index in [-0.39, 0.29) is 28.0 Å². The molecule has 0 bridgehead atoms. The van der Waals surface area contributed by atoms with Gasteiger partial charge in [-0.3, -0.25) is 19.5 Å². The fourth-order valence-corrected chi connectivity index (χ4v) is 3.77. The Hall–Kier alpha value is -3.24. The molecule has 0 radical (unpaired) electrons. The molecule has 3 aromatic carbocycles. The molecule has 7 nitrogen and oxygen atoms in total. The zero-order valence-corrected chi connectivity index (χ0v) is 18.6. The molecule has 0 aliphatic carbocycles. The van der Waals surface area contributed by atoms with Gasteiger partial charge in [0.1, 0.15) is 17.3 Å². The molecule has 0 spiro atoms. The predicted octanol–water partition coefficient (Wildman–Crippen LogP) is 5.43. The number of hydrogen-bond acceptors (Lipinski definition) is 5. The van der Waals surface area contributed by atoms with E-state index in [2.05, 4.69) is 27.6 Å². The van der Waals surface area contributed by atoms with Crippen LogP contribution in [0.4, 0.5) is 5.69 Å². The van der Waals surface area contributed by atoms with Gasteiger partial charge in [0.2, 0.25) is 0 Å². The van der Waals surface area contributed by atoms with Gasteiger partial charge >= 0.3 is 0 Å². The van der Waals surface area contributed by atoms with Crippen LogP contribution in [0.1, 0.15) is 11.4 Å². The number of aromatic nitrogens is 2. The van der Waals surface area contributed by atoms with E-state index < -0.39 is 10.5 Å². The van der Waals surface area contributed by atoms with Crippen LogP contribution >= 0.6 is 34.2 Å². The van der Waals surface area contributed by atoms with E-state index >= 15 is 0 Å². The lowest BCUT2D eigenvalue weighted by molar-refractivity contribution is -0.384. The van der Waals surface area contributed by atoms with Gasteiger partial charge in [-0.2, -0.15) is 0 Å². The van der Waals surface area contributed by atoms with E-state index in [0.29, 0.717) is 10.9 Å². The molecule has 0 aliphatic heterocycles. The Labute approximate surface area is 194 Å². The molecule has 0 atom stereocenters. The molecule has 31 heavy (non-hydrogen) atoms. The number of halogens is 2. The van der Waals surface area contributed by atoms with Crippen molar-refractivity contribution in [1.29, 1.82) is 0 Å². The number of hydrogen-bond donors (Lipinski definition) is 1. The first-order valence-electron chi connectivity index (χ1n) is 8.97. The van der Waals surface area contributed by atoms with Gasteiger partial charge in [-0.1, -0.05) is 29.8 Å². The van der Waals surface area contributed by atoms with Crippen molar-refractivity contribution in [3.63, 3.8) is 0 Å². The molecule has 1 heterocycles. The van der Waals surface area contributed by atoms with Crippen molar-refractivity contribution < 1.29 is 10.0 Å². The third-order valence-corrected chi connectivity index (χ3v) is 5.46. The molecule has 1 aromatic heterocycles. The maximum atomic E-state index is 13.4. The van der Waals surface area contributed by atoms with Gasteiger partial charge in [0, 0.05) is 14.7 Å². The molecule has 0 saturated carbocycles. The van der Waals surface area contributed by atoms with E-state index in [1.54, 1.807) is 36.4 Å². The SMILES string of the molecule is O=c1c2cc(I)ccc2nc(C=Cc2ccc(O)cc2)n1-c1ccc(Cl)cc1[N+](=O)[O-]. The van der Waals surface area contributed by atoms with Gasteiger partial charge in [-0.25, -0.2) is 4.98 Å². The summed E-state index contributed by atoms with van der Waals surface area (Å²) in [7, 11) is 0. The van der Waals surface area contributed by atoms with Crippen LogP contribution < -0.4 is 5.56 Å². The summed E-state index contributed by atoms with van der Waals surface area (Å²) in [4.78, 5) is 29.1. The highest BCUT2D eigenvalue weighted by Gasteiger charge is 2.21. The van der Waals surface area contributed by atoms with Gasteiger partial charge in [0.25, 0.3) is 11.2 Å². The first-order valence-corrected chi connectivity index (χ1v) is 10.4. The number of phenolic OH excluding ortho intramolecular Hbond substituents is 1. The molecule has 1 N–H and O–H groups in total. The normalized spacial score (nSPS) is 11.3. The lowest BCUT2D eigenvalue weighted by atomic mass is 10.2. The van der Waals surface area contributed by atoms with Gasteiger partial charge in [0.05, 0.1) is 15.8 Å². The van der Waals surface area contributed by atoms with Crippen LogP contribution in [0.25, 0.3) is 28.7 Å². The molecule has 4 rings (SSSR count). The molecular weight excluding hydrogens is 533 g/mol. The van der Waals surface area contributed by atoms with Crippen LogP contribution in [-0.4, -0.2) is 19.6 Å². The Morgan fingerprint density at radius 3 is 2.52 bits per heavy atom. The van der Waals surface area contributed by atoms with Crippen molar-refractivity contribution in [3.8, 4) is 11.4 Å². The van der Waals surface area contributed by atoms with Crippen molar-refractivity contribution in [1.82, 2.24) is 9.55 Å². The smallest absolute Gasteiger partial charge is 0.294 e. The third kappa shape index (κ3) is 4.30. The van der Waals surface area contributed by atoms with Crippen molar-refractivity contribution in [2.45, 2.75) is 0 Å². The fraction of sp³-hybridized carbons (Fsp3) is 0. The summed E-state index contributed by atoms with van der Waals surface area (Å²) >= 11 is 8.05. The monoisotopic (exact) mass is 545 g/mol. The van der Waals surface area contributed by atoms with Crippen LogP contribution in [0.3, 0.4) is 0 Å². The number of nitro groups is 1. The molecule has 154 valence electrons. The quantitative estimate of drug-likeness (QED) is 0.210. The second kappa shape index (κ2) is 8.48. The average molecular weight is 546 g/mol. The lowest BCUT2D eigenvalue weighted by Crippen LogP contribution is -2.23. The Morgan fingerprint density at radius 1 is 1.06 bits per heavy atom. The van der Waals surface area contributed by atoms with Crippen LogP contribution in [0.5, 0.6) is 5.75 Å². The first-order chi connectivity index (χ1) is 14.8. The first kappa shape index (κ1) is 21.0. The average Bonchev–Trinajstić information content (AvgIpc) is 2.74. The van der Waals surface area contributed by atoms with Gasteiger partial charge in [-0.15, -0.1) is 0 Å². The summed E-state index contributed by atoms with van der Waals surface area (Å²) in [5, 5.41) is 21.7. The van der Waals surface area contributed by atoms with Gasteiger partial charge < -0.3 is 5.11 Å². The molecule has 0 saturated heterocycles. The highest BCUT2D eigenvalue weighted by molar-refractivity contribution is 14.1. The van der Waals surface area contributed by atoms with Crippen molar-refractivity contribution in [2.75, 3.05) is 0 Å². The lowest BCUT2D eigenvalue weighted by Gasteiger charge is -2.12. The van der Waals surface area contributed by atoms with E-state index in [0.717, 1.165) is 9.13 Å². The second-order valence-electron chi connectivity index (χ2n) is 6.59. The van der Waals surface area contributed by atoms with E-state index in [1.165, 1.54) is 34.9 Å². The maximum absolute atomic E-state index is 13.4. The van der Waals surface area contributed by atoms with Gasteiger partial charge in [0.15, 0.2) is 0 Å². The van der Waals surface area contributed by atoms with E-state index in [9.17, 15) is 20.0 Å². The van der Waals surface area contributed by atoms with Crippen LogP contribution in [0.15, 0.2) is 65.5 Å². The highest BCUT2D eigenvalue weighted by atomic mass is 127. The molecule has 0 unspecified atom stereocenters. The van der Waals surface area contributed by atoms with E-state index in [1.807, 2.05) is 6.07 Å². The highest BCUT2D eigenvalue weighted by Crippen LogP contribution is 2.28. The summed E-state index contributed by atoms with van der Waals surface area (Å²) in [6.07, 6.45) is 3.31. The molecular formula is C22H13ClIN3O4. The van der Waals surface area contributed by atoms with Crippen molar-refractivity contribution in [3.05, 3.63) is 101 Å². The molecule has 4 aromatic rings.